The molecule has 0 spiro atoms. The maximum atomic E-state index is 12.6. The molecule has 0 aliphatic heterocycles. The van der Waals surface area contributed by atoms with Gasteiger partial charge in [0.05, 0.1) is 13.2 Å². The van der Waals surface area contributed by atoms with Gasteiger partial charge in [0.1, 0.15) is 6.61 Å². The van der Waals surface area contributed by atoms with Gasteiger partial charge in [-0.1, -0.05) is 186 Å². The van der Waals surface area contributed by atoms with Crippen LogP contribution < -0.4 is 5.73 Å². The first-order chi connectivity index (χ1) is 26.8. The predicted molar refractivity (Wildman–Crippen MR) is 229 cm³/mol. The van der Waals surface area contributed by atoms with Gasteiger partial charge in [0.25, 0.3) is 0 Å². The summed E-state index contributed by atoms with van der Waals surface area (Å²) in [6.45, 7) is 3.72. The topological polar surface area (TPSA) is 134 Å². The van der Waals surface area contributed by atoms with Crippen molar-refractivity contribution in [1.29, 1.82) is 0 Å². The van der Waals surface area contributed by atoms with E-state index in [4.69, 9.17) is 24.3 Å². The monoisotopic (exact) mass is 800 g/mol. The zero-order chi connectivity index (χ0) is 40.3. The molecule has 0 aromatic heterocycles. The summed E-state index contributed by atoms with van der Waals surface area (Å²) < 4.78 is 32.8. The summed E-state index contributed by atoms with van der Waals surface area (Å²) in [5.74, 6) is -0.835. The zero-order valence-corrected chi connectivity index (χ0v) is 36.6. The second kappa shape index (κ2) is 42.1. The molecule has 324 valence electrons. The number of allylic oxidation sites excluding steroid dienone is 4. The summed E-state index contributed by atoms with van der Waals surface area (Å²) in [5, 5.41) is 0. The first-order valence-corrected chi connectivity index (χ1v) is 24.3. The Balaban J connectivity index is 4.10. The largest absolute Gasteiger partial charge is 0.472 e. The molecule has 0 aliphatic rings. The van der Waals surface area contributed by atoms with Crippen molar-refractivity contribution in [3.8, 4) is 0 Å². The van der Waals surface area contributed by atoms with Crippen LogP contribution in [0.4, 0.5) is 0 Å². The second-order valence-corrected chi connectivity index (χ2v) is 16.7. The van der Waals surface area contributed by atoms with Crippen molar-refractivity contribution in [3.05, 3.63) is 24.3 Å². The standard InChI is InChI=1S/C45H86NO8P/c1-3-5-7-9-11-13-15-17-19-20-21-22-24-26-28-30-32-34-36-38-45(48)54-43(42-53-55(49,50)52-40-39-46)41-51-44(47)37-35-33-31-29-27-25-23-18-16-14-12-10-8-6-4-2/h12,14,18,23,43H,3-11,13,15-17,19-22,24-42,46H2,1-2H3,(H,49,50)/b14-12-,23-18-/t43-/m1/s1. The van der Waals surface area contributed by atoms with E-state index in [-0.39, 0.29) is 32.6 Å². The minimum atomic E-state index is -4.38. The minimum absolute atomic E-state index is 0.0531. The third-order valence-corrected chi connectivity index (χ3v) is 10.8. The number of esters is 2. The number of hydrogen-bond acceptors (Lipinski definition) is 8. The molecule has 2 atom stereocenters. The van der Waals surface area contributed by atoms with Crippen LogP contribution >= 0.6 is 7.82 Å². The van der Waals surface area contributed by atoms with Crippen LogP contribution in [0.5, 0.6) is 0 Å². The number of phosphoric acid groups is 1. The maximum absolute atomic E-state index is 12.6. The van der Waals surface area contributed by atoms with E-state index in [1.807, 2.05) is 0 Å². The molecule has 3 N–H and O–H groups in total. The molecule has 0 radical (unpaired) electrons. The van der Waals surface area contributed by atoms with Crippen molar-refractivity contribution < 1.29 is 37.6 Å². The molecular formula is C45H86NO8P. The molecule has 0 amide bonds. The zero-order valence-electron chi connectivity index (χ0n) is 35.7. The Hall–Kier alpha value is -1.51. The van der Waals surface area contributed by atoms with Gasteiger partial charge in [-0.25, -0.2) is 4.57 Å². The fraction of sp³-hybridized carbons (Fsp3) is 0.867. The Morgan fingerprint density at radius 2 is 0.945 bits per heavy atom. The number of rotatable bonds is 43. The number of nitrogens with two attached hydrogens (primary N) is 1. The lowest BCUT2D eigenvalue weighted by Crippen LogP contribution is -2.29. The third kappa shape index (κ3) is 41.9. The van der Waals surface area contributed by atoms with Gasteiger partial charge in [-0.15, -0.1) is 0 Å². The van der Waals surface area contributed by atoms with Crippen molar-refractivity contribution >= 4 is 19.8 Å². The summed E-state index contributed by atoms with van der Waals surface area (Å²) in [6, 6.07) is 0. The van der Waals surface area contributed by atoms with Gasteiger partial charge in [-0.3, -0.25) is 18.6 Å². The van der Waals surface area contributed by atoms with Crippen LogP contribution in [0.2, 0.25) is 0 Å². The van der Waals surface area contributed by atoms with Crippen molar-refractivity contribution in [2.45, 2.75) is 225 Å². The number of carbonyl (C=O) groups excluding carboxylic acids is 2. The second-order valence-electron chi connectivity index (χ2n) is 15.3. The number of unbranched alkanes of at least 4 members (excludes halogenated alkanes) is 26. The number of phosphoric ester groups is 1. The molecule has 0 aromatic rings. The molecule has 1 unspecified atom stereocenters. The molecule has 0 saturated carbocycles. The van der Waals surface area contributed by atoms with Crippen LogP contribution in [-0.2, 0) is 32.7 Å². The van der Waals surface area contributed by atoms with Crippen molar-refractivity contribution in [1.82, 2.24) is 0 Å². The van der Waals surface area contributed by atoms with Gasteiger partial charge >= 0.3 is 19.8 Å². The van der Waals surface area contributed by atoms with Crippen LogP contribution in [0.3, 0.4) is 0 Å². The van der Waals surface area contributed by atoms with Crippen LogP contribution in [0, 0.1) is 0 Å². The highest BCUT2D eigenvalue weighted by Crippen LogP contribution is 2.43. The maximum Gasteiger partial charge on any atom is 0.472 e. The Labute approximate surface area is 338 Å². The van der Waals surface area contributed by atoms with Gasteiger partial charge in [0.15, 0.2) is 6.10 Å². The molecule has 0 heterocycles. The van der Waals surface area contributed by atoms with Crippen LogP contribution in [0.15, 0.2) is 24.3 Å². The van der Waals surface area contributed by atoms with E-state index in [0.29, 0.717) is 6.42 Å². The van der Waals surface area contributed by atoms with Gasteiger partial charge in [-0.2, -0.15) is 0 Å². The lowest BCUT2D eigenvalue weighted by molar-refractivity contribution is -0.161. The number of carbonyl (C=O) groups is 2. The summed E-state index contributed by atoms with van der Waals surface area (Å²) in [6.07, 6.45) is 44.9. The smallest absolute Gasteiger partial charge is 0.462 e. The highest BCUT2D eigenvalue weighted by Gasteiger charge is 2.26. The van der Waals surface area contributed by atoms with E-state index in [1.54, 1.807) is 0 Å². The third-order valence-electron chi connectivity index (χ3n) is 9.84. The van der Waals surface area contributed by atoms with Crippen molar-refractivity contribution in [2.75, 3.05) is 26.4 Å². The fourth-order valence-electron chi connectivity index (χ4n) is 6.43. The van der Waals surface area contributed by atoms with E-state index in [0.717, 1.165) is 57.8 Å². The minimum Gasteiger partial charge on any atom is -0.462 e. The lowest BCUT2D eigenvalue weighted by Gasteiger charge is -2.19. The van der Waals surface area contributed by atoms with Gasteiger partial charge in [0.2, 0.25) is 0 Å². The molecule has 55 heavy (non-hydrogen) atoms. The molecule has 0 saturated heterocycles. The quantitative estimate of drug-likeness (QED) is 0.0267. The van der Waals surface area contributed by atoms with Crippen LogP contribution in [0.25, 0.3) is 0 Å². The molecule has 0 aliphatic carbocycles. The average molecular weight is 800 g/mol. The van der Waals surface area contributed by atoms with Gasteiger partial charge in [0, 0.05) is 19.4 Å². The Bertz CT molecular complexity index is 959. The lowest BCUT2D eigenvalue weighted by atomic mass is 10.0. The van der Waals surface area contributed by atoms with E-state index < -0.39 is 32.5 Å². The number of ether oxygens (including phenoxy) is 2. The molecule has 0 rings (SSSR count). The van der Waals surface area contributed by atoms with Gasteiger partial charge < -0.3 is 20.1 Å². The number of hydrogen-bond donors (Lipinski definition) is 2. The summed E-state index contributed by atoms with van der Waals surface area (Å²) in [4.78, 5) is 34.9. The van der Waals surface area contributed by atoms with Crippen molar-refractivity contribution in [3.63, 3.8) is 0 Å². The van der Waals surface area contributed by atoms with Crippen LogP contribution in [-0.4, -0.2) is 49.3 Å². The normalized spacial score (nSPS) is 13.5. The predicted octanol–water partition coefficient (Wildman–Crippen LogP) is 13.2. The molecule has 9 nitrogen and oxygen atoms in total. The Morgan fingerprint density at radius 3 is 1.42 bits per heavy atom. The Kier molecular flexibility index (Phi) is 40.9. The summed E-state index contributed by atoms with van der Waals surface area (Å²) in [7, 11) is -4.38. The summed E-state index contributed by atoms with van der Waals surface area (Å²) >= 11 is 0. The molecule has 0 bridgehead atoms. The molecule has 10 heteroatoms. The average Bonchev–Trinajstić information content (AvgIpc) is 3.17. The highest BCUT2D eigenvalue weighted by atomic mass is 31.2. The van der Waals surface area contributed by atoms with Crippen LogP contribution in [0.1, 0.15) is 219 Å². The first kappa shape index (κ1) is 53.5. The van der Waals surface area contributed by atoms with E-state index in [9.17, 15) is 19.0 Å². The summed E-state index contributed by atoms with van der Waals surface area (Å²) in [5.41, 5.74) is 5.35. The molecule has 0 fully saturated rings. The van der Waals surface area contributed by atoms with Gasteiger partial charge in [-0.05, 0) is 44.9 Å². The molecule has 0 aromatic carbocycles. The SMILES string of the molecule is CCCCC/C=C\C/C=C\CCCCCCCC(=O)OC[C@H](COP(=O)(O)OCCN)OC(=O)CCCCCCCCCCCCCCCCCCCCC. The van der Waals surface area contributed by atoms with E-state index in [1.165, 1.54) is 128 Å². The first-order valence-electron chi connectivity index (χ1n) is 22.8. The van der Waals surface area contributed by atoms with Crippen molar-refractivity contribution in [2.24, 2.45) is 5.73 Å². The van der Waals surface area contributed by atoms with E-state index in [2.05, 4.69) is 38.2 Å². The molecular weight excluding hydrogens is 713 g/mol. The highest BCUT2D eigenvalue weighted by molar-refractivity contribution is 7.47. The fourth-order valence-corrected chi connectivity index (χ4v) is 7.20. The Morgan fingerprint density at radius 1 is 0.545 bits per heavy atom. The van der Waals surface area contributed by atoms with E-state index >= 15 is 0 Å².